The summed E-state index contributed by atoms with van der Waals surface area (Å²) in [5, 5.41) is 6.52. The molecule has 6 nitrogen and oxygen atoms in total. The Balaban J connectivity index is 1.45. The quantitative estimate of drug-likeness (QED) is 0.680. The third-order valence-corrected chi connectivity index (χ3v) is 6.43. The summed E-state index contributed by atoms with van der Waals surface area (Å²) in [6.45, 7) is 0.0395. The molecule has 2 aliphatic rings. The van der Waals surface area contributed by atoms with Gasteiger partial charge in [-0.1, -0.05) is 17.7 Å². The summed E-state index contributed by atoms with van der Waals surface area (Å²) < 4.78 is 41.8. The maximum absolute atomic E-state index is 13.9. The molecule has 1 aromatic carbocycles. The van der Waals surface area contributed by atoms with Gasteiger partial charge < -0.3 is 15.5 Å². The van der Waals surface area contributed by atoms with E-state index in [1.807, 2.05) is 18.2 Å². The molecule has 3 atom stereocenters. The van der Waals surface area contributed by atoms with E-state index in [0.717, 1.165) is 25.5 Å². The van der Waals surface area contributed by atoms with Crippen LogP contribution in [0.1, 0.15) is 35.7 Å². The summed E-state index contributed by atoms with van der Waals surface area (Å²) in [5.74, 6) is -1.55. The highest BCUT2D eigenvalue weighted by molar-refractivity contribution is 6.30. The van der Waals surface area contributed by atoms with Crippen molar-refractivity contribution in [3.05, 3.63) is 58.4 Å². The number of fused-ring (bicyclic) bond motifs is 1. The van der Waals surface area contributed by atoms with Crippen LogP contribution < -0.4 is 10.6 Å². The first-order valence-electron chi connectivity index (χ1n) is 10.7. The average molecular weight is 481 g/mol. The third-order valence-electron chi connectivity index (χ3n) is 6.20. The van der Waals surface area contributed by atoms with Crippen molar-refractivity contribution in [2.75, 3.05) is 18.9 Å². The van der Waals surface area contributed by atoms with Gasteiger partial charge in [-0.25, -0.2) is 0 Å². The molecule has 4 rings (SSSR count). The second kappa shape index (κ2) is 9.21. The highest BCUT2D eigenvalue weighted by Gasteiger charge is 2.47. The van der Waals surface area contributed by atoms with Gasteiger partial charge in [0.1, 0.15) is 0 Å². The average Bonchev–Trinajstić information content (AvgIpc) is 3.15. The van der Waals surface area contributed by atoms with Gasteiger partial charge in [0.05, 0.1) is 23.5 Å². The van der Waals surface area contributed by atoms with Crippen LogP contribution in [0, 0.1) is 5.92 Å². The Kier molecular flexibility index (Phi) is 6.52. The van der Waals surface area contributed by atoms with E-state index in [2.05, 4.69) is 15.6 Å². The van der Waals surface area contributed by atoms with Gasteiger partial charge in [0.2, 0.25) is 11.8 Å². The minimum Gasteiger partial charge on any atom is -0.380 e. The van der Waals surface area contributed by atoms with Gasteiger partial charge in [0.15, 0.2) is 6.04 Å². The molecule has 2 N–H and O–H groups in total. The zero-order valence-corrected chi connectivity index (χ0v) is 18.7. The monoisotopic (exact) mass is 480 g/mol. The van der Waals surface area contributed by atoms with Crippen LogP contribution in [0.3, 0.4) is 0 Å². The first-order valence-corrected chi connectivity index (χ1v) is 11.1. The minimum absolute atomic E-state index is 0.0395. The van der Waals surface area contributed by atoms with Crippen molar-refractivity contribution in [3.63, 3.8) is 0 Å². The number of amides is 2. The standard InChI is InChI=1S/C23H24ClF3N4O2/c1-31(22(33)14-3-7-20(32)29-11-14)21(23(25,26)27)19-6-5-17(12-28-19)30-18-9-13-2-4-16(24)8-15(13)10-18/h2,4-6,8,12,14,18,21,30H,3,7,9-11H2,1H3,(H,29,32)/t14?,18?,21-/m0/s1. The maximum Gasteiger partial charge on any atom is 0.414 e. The van der Waals surface area contributed by atoms with Gasteiger partial charge in [-0.3, -0.25) is 14.6 Å². The van der Waals surface area contributed by atoms with E-state index in [0.29, 0.717) is 15.6 Å². The summed E-state index contributed by atoms with van der Waals surface area (Å²) in [5.41, 5.74) is 2.69. The molecular weight excluding hydrogens is 457 g/mol. The normalized spacial score (nSPS) is 21.2. The number of carbonyl (C=O) groups excluding carboxylic acids is 2. The van der Waals surface area contributed by atoms with Crippen LogP contribution >= 0.6 is 11.6 Å². The fourth-order valence-electron chi connectivity index (χ4n) is 4.52. The molecule has 1 aliphatic carbocycles. The van der Waals surface area contributed by atoms with Crippen LogP contribution in [-0.2, 0) is 22.4 Å². The van der Waals surface area contributed by atoms with E-state index in [1.54, 1.807) is 6.07 Å². The van der Waals surface area contributed by atoms with E-state index >= 15 is 0 Å². The predicted molar refractivity (Wildman–Crippen MR) is 118 cm³/mol. The number of benzene rings is 1. The van der Waals surface area contributed by atoms with Crippen molar-refractivity contribution in [2.24, 2.45) is 5.92 Å². The Labute approximate surface area is 194 Å². The van der Waals surface area contributed by atoms with E-state index in [-0.39, 0.29) is 37.0 Å². The lowest BCUT2D eigenvalue weighted by molar-refractivity contribution is -0.191. The molecule has 1 fully saturated rings. The molecule has 2 unspecified atom stereocenters. The molecule has 176 valence electrons. The molecule has 0 bridgehead atoms. The number of halogens is 4. The number of aromatic nitrogens is 1. The fraction of sp³-hybridized carbons (Fsp3) is 0.435. The Morgan fingerprint density at radius 2 is 2.00 bits per heavy atom. The smallest absolute Gasteiger partial charge is 0.380 e. The molecule has 33 heavy (non-hydrogen) atoms. The number of nitrogens with one attached hydrogen (secondary N) is 2. The van der Waals surface area contributed by atoms with Crippen LogP contribution in [0.2, 0.25) is 5.02 Å². The van der Waals surface area contributed by atoms with Crippen molar-refractivity contribution in [1.82, 2.24) is 15.2 Å². The Bertz CT molecular complexity index is 1030. The Hall–Kier alpha value is -2.81. The van der Waals surface area contributed by atoms with E-state index < -0.39 is 24.0 Å². The van der Waals surface area contributed by atoms with Gasteiger partial charge in [0, 0.05) is 31.1 Å². The lowest BCUT2D eigenvalue weighted by Crippen LogP contribution is -2.47. The molecule has 10 heteroatoms. The molecule has 1 saturated heterocycles. The molecule has 1 aliphatic heterocycles. The number of hydrogen-bond donors (Lipinski definition) is 2. The predicted octanol–water partition coefficient (Wildman–Crippen LogP) is 3.90. The van der Waals surface area contributed by atoms with Crippen molar-refractivity contribution in [3.8, 4) is 0 Å². The molecular formula is C23H24ClF3N4O2. The summed E-state index contributed by atoms with van der Waals surface area (Å²) in [6.07, 6.45) is -1.44. The van der Waals surface area contributed by atoms with Crippen molar-refractivity contribution >= 4 is 29.1 Å². The number of rotatable bonds is 5. The van der Waals surface area contributed by atoms with Gasteiger partial charge in [-0.15, -0.1) is 0 Å². The molecule has 1 aromatic heterocycles. The zero-order chi connectivity index (χ0) is 23.8. The summed E-state index contributed by atoms with van der Waals surface area (Å²) in [7, 11) is 1.13. The third kappa shape index (κ3) is 5.24. The zero-order valence-electron chi connectivity index (χ0n) is 18.0. The lowest BCUT2D eigenvalue weighted by atomic mass is 9.96. The largest absolute Gasteiger partial charge is 0.414 e. The van der Waals surface area contributed by atoms with Gasteiger partial charge >= 0.3 is 6.18 Å². The highest BCUT2D eigenvalue weighted by Crippen LogP contribution is 2.37. The van der Waals surface area contributed by atoms with Crippen molar-refractivity contribution in [1.29, 1.82) is 0 Å². The number of carbonyl (C=O) groups is 2. The van der Waals surface area contributed by atoms with Gasteiger partial charge in [-0.05, 0) is 54.7 Å². The molecule has 0 spiro atoms. The molecule has 2 aromatic rings. The summed E-state index contributed by atoms with van der Waals surface area (Å²) in [4.78, 5) is 28.8. The summed E-state index contributed by atoms with van der Waals surface area (Å²) in [6, 6.07) is 6.53. The molecule has 0 radical (unpaired) electrons. The molecule has 2 heterocycles. The first-order chi connectivity index (χ1) is 15.6. The van der Waals surface area contributed by atoms with Crippen molar-refractivity contribution in [2.45, 2.75) is 43.9 Å². The van der Waals surface area contributed by atoms with Crippen LogP contribution in [0.5, 0.6) is 0 Å². The number of anilines is 1. The Morgan fingerprint density at radius 3 is 2.64 bits per heavy atom. The van der Waals surface area contributed by atoms with Crippen LogP contribution in [-0.4, -0.2) is 47.5 Å². The van der Waals surface area contributed by atoms with Crippen LogP contribution in [0.4, 0.5) is 18.9 Å². The highest BCUT2D eigenvalue weighted by atomic mass is 35.5. The number of nitrogens with zero attached hydrogens (tertiary/aromatic N) is 2. The van der Waals surface area contributed by atoms with Gasteiger partial charge in [-0.2, -0.15) is 13.2 Å². The fourth-order valence-corrected chi connectivity index (χ4v) is 4.72. The second-order valence-electron chi connectivity index (χ2n) is 8.57. The summed E-state index contributed by atoms with van der Waals surface area (Å²) >= 11 is 6.05. The number of hydrogen-bond acceptors (Lipinski definition) is 4. The van der Waals surface area contributed by atoms with Crippen molar-refractivity contribution < 1.29 is 22.8 Å². The molecule has 0 saturated carbocycles. The van der Waals surface area contributed by atoms with Gasteiger partial charge in [0.25, 0.3) is 0 Å². The second-order valence-corrected chi connectivity index (χ2v) is 9.00. The first kappa shape index (κ1) is 23.4. The minimum atomic E-state index is -4.70. The number of piperidine rings is 1. The number of pyridine rings is 1. The SMILES string of the molecule is CN(C(=O)C1CCC(=O)NC1)[C@@H](c1ccc(NC2Cc3ccc(Cl)cc3C2)cn1)C(F)(F)F. The van der Waals surface area contributed by atoms with E-state index in [9.17, 15) is 22.8 Å². The Morgan fingerprint density at radius 1 is 1.24 bits per heavy atom. The van der Waals surface area contributed by atoms with Crippen LogP contribution in [0.15, 0.2) is 36.5 Å². The number of alkyl halides is 3. The maximum atomic E-state index is 13.9. The topological polar surface area (TPSA) is 74.3 Å². The lowest BCUT2D eigenvalue weighted by Gasteiger charge is -2.33. The van der Waals surface area contributed by atoms with E-state index in [4.69, 9.17) is 11.6 Å². The van der Waals surface area contributed by atoms with E-state index in [1.165, 1.54) is 17.8 Å². The molecule has 2 amide bonds. The van der Waals surface area contributed by atoms with Crippen LogP contribution in [0.25, 0.3) is 0 Å².